The Labute approximate surface area is 191 Å². The maximum Gasteiger partial charge on any atom is 0.177 e. The Bertz CT molecular complexity index is 957. The second kappa shape index (κ2) is 11.0. The number of benzene rings is 1. The van der Waals surface area contributed by atoms with Crippen molar-refractivity contribution in [3.8, 4) is 11.8 Å². The molecule has 1 aliphatic rings. The van der Waals surface area contributed by atoms with Gasteiger partial charge in [0.1, 0.15) is 5.76 Å². The van der Waals surface area contributed by atoms with Crippen LogP contribution in [0.15, 0.2) is 33.6 Å². The van der Waals surface area contributed by atoms with E-state index >= 15 is 0 Å². The minimum Gasteiger partial charge on any atom is -0.550 e. The fourth-order valence-electron chi connectivity index (χ4n) is 4.51. The van der Waals surface area contributed by atoms with Crippen LogP contribution in [0.2, 0.25) is 0 Å². The SMILES string of the molecule is CCCCCCc1cc2c(cc1C#Cc1ccc(CC(=O)[O-])o1)C(CC)(CC)CCS2. The van der Waals surface area contributed by atoms with E-state index in [-0.39, 0.29) is 11.8 Å². The fraction of sp³-hybridized carbons (Fsp3) is 0.519. The number of hydrogen-bond donors (Lipinski definition) is 0. The van der Waals surface area contributed by atoms with Crippen molar-refractivity contribution >= 4 is 17.7 Å². The summed E-state index contributed by atoms with van der Waals surface area (Å²) in [6.45, 7) is 6.84. The molecule has 0 bridgehead atoms. The maximum absolute atomic E-state index is 10.8. The zero-order chi connectivity index (χ0) is 22.3. The third kappa shape index (κ3) is 5.77. The van der Waals surface area contributed by atoms with Gasteiger partial charge in [-0.1, -0.05) is 46.0 Å². The third-order valence-corrected chi connectivity index (χ3v) is 7.63. The Hall–Kier alpha value is -2.12. The van der Waals surface area contributed by atoms with E-state index in [2.05, 4.69) is 44.7 Å². The number of thioether (sulfide) groups is 1. The monoisotopic (exact) mass is 437 g/mol. The van der Waals surface area contributed by atoms with Gasteiger partial charge >= 0.3 is 0 Å². The molecule has 0 spiro atoms. The summed E-state index contributed by atoms with van der Waals surface area (Å²) in [5.74, 6) is 7.40. The van der Waals surface area contributed by atoms with Crippen LogP contribution in [0.25, 0.3) is 0 Å². The van der Waals surface area contributed by atoms with Crippen LogP contribution in [-0.4, -0.2) is 11.7 Å². The Morgan fingerprint density at radius 2 is 1.94 bits per heavy atom. The van der Waals surface area contributed by atoms with E-state index in [1.54, 1.807) is 12.1 Å². The number of unbranched alkanes of at least 4 members (excludes halogenated alkanes) is 3. The number of carboxylic acid groups (broad SMARTS) is 1. The van der Waals surface area contributed by atoms with E-state index in [0.29, 0.717) is 11.5 Å². The summed E-state index contributed by atoms with van der Waals surface area (Å²) in [4.78, 5) is 12.2. The van der Waals surface area contributed by atoms with Gasteiger partial charge in [-0.25, -0.2) is 0 Å². The van der Waals surface area contributed by atoms with E-state index in [0.717, 1.165) is 24.8 Å². The van der Waals surface area contributed by atoms with Crippen molar-refractivity contribution in [1.29, 1.82) is 0 Å². The highest BCUT2D eigenvalue weighted by Crippen LogP contribution is 2.47. The minimum absolute atomic E-state index is 0.226. The Morgan fingerprint density at radius 1 is 1.13 bits per heavy atom. The number of rotatable bonds is 9. The normalized spacial score (nSPS) is 14.5. The molecule has 1 aromatic carbocycles. The van der Waals surface area contributed by atoms with Gasteiger partial charge < -0.3 is 14.3 Å². The largest absolute Gasteiger partial charge is 0.550 e. The van der Waals surface area contributed by atoms with Crippen LogP contribution in [0.5, 0.6) is 0 Å². The molecule has 0 radical (unpaired) electrons. The highest BCUT2D eigenvalue weighted by molar-refractivity contribution is 7.99. The molecule has 0 amide bonds. The van der Waals surface area contributed by atoms with Crippen LogP contribution in [-0.2, 0) is 23.1 Å². The second-order valence-corrected chi connectivity index (χ2v) is 9.60. The summed E-state index contributed by atoms with van der Waals surface area (Å²) in [5.41, 5.74) is 4.10. The molecule has 3 rings (SSSR count). The topological polar surface area (TPSA) is 53.3 Å². The number of hydrogen-bond acceptors (Lipinski definition) is 4. The molecule has 3 nitrogen and oxygen atoms in total. The first-order valence-electron chi connectivity index (χ1n) is 11.6. The minimum atomic E-state index is -1.15. The van der Waals surface area contributed by atoms with Crippen LogP contribution >= 0.6 is 11.8 Å². The average Bonchev–Trinajstić information content (AvgIpc) is 3.21. The molecule has 0 aliphatic carbocycles. The van der Waals surface area contributed by atoms with E-state index in [9.17, 15) is 9.90 Å². The molecule has 4 heteroatoms. The van der Waals surface area contributed by atoms with Gasteiger partial charge in [0.25, 0.3) is 0 Å². The smallest absolute Gasteiger partial charge is 0.177 e. The van der Waals surface area contributed by atoms with Crippen LogP contribution in [0, 0.1) is 11.8 Å². The summed E-state index contributed by atoms with van der Waals surface area (Å²) in [6.07, 6.45) is 9.23. The van der Waals surface area contributed by atoms with E-state index in [1.807, 2.05) is 11.8 Å². The second-order valence-electron chi connectivity index (χ2n) is 8.47. The van der Waals surface area contributed by atoms with Crippen LogP contribution in [0.1, 0.15) is 93.9 Å². The molecular weight excluding hydrogens is 404 g/mol. The summed E-state index contributed by atoms with van der Waals surface area (Å²) >= 11 is 1.98. The number of carbonyl (C=O) groups is 1. The molecule has 0 saturated heterocycles. The van der Waals surface area contributed by atoms with Crippen molar-refractivity contribution in [3.63, 3.8) is 0 Å². The van der Waals surface area contributed by atoms with Crippen molar-refractivity contribution in [3.05, 3.63) is 52.5 Å². The molecule has 1 aliphatic heterocycles. The van der Waals surface area contributed by atoms with Gasteiger partial charge in [0.05, 0.1) is 0 Å². The highest BCUT2D eigenvalue weighted by Gasteiger charge is 2.34. The van der Waals surface area contributed by atoms with Crippen LogP contribution < -0.4 is 5.11 Å². The Kier molecular flexibility index (Phi) is 8.32. The number of aryl methyl sites for hydroxylation is 1. The molecule has 0 N–H and O–H groups in total. The summed E-state index contributed by atoms with van der Waals surface area (Å²) in [6, 6.07) is 8.12. The molecule has 0 atom stereocenters. The summed E-state index contributed by atoms with van der Waals surface area (Å²) in [7, 11) is 0. The molecule has 2 heterocycles. The van der Waals surface area contributed by atoms with E-state index < -0.39 is 5.97 Å². The standard InChI is InChI=1S/C27H34O3S/c1-4-7-8-9-10-20-18-25-24(27(5-2,6-3)15-16-31-25)17-21(20)11-12-22-13-14-23(30-22)19-26(28)29/h13-14,17-18H,4-10,15-16,19H2,1-3H3,(H,28,29)/p-1. The predicted molar refractivity (Wildman–Crippen MR) is 125 cm³/mol. The van der Waals surface area contributed by atoms with Gasteiger partial charge in [0.2, 0.25) is 0 Å². The number of carboxylic acids is 1. The lowest BCUT2D eigenvalue weighted by molar-refractivity contribution is -0.305. The van der Waals surface area contributed by atoms with Crippen molar-refractivity contribution < 1.29 is 14.3 Å². The lowest BCUT2D eigenvalue weighted by atomic mass is 9.72. The third-order valence-electron chi connectivity index (χ3n) is 6.57. The van der Waals surface area contributed by atoms with Gasteiger partial charge in [-0.2, -0.15) is 0 Å². The van der Waals surface area contributed by atoms with Gasteiger partial charge in [-0.3, -0.25) is 0 Å². The molecule has 1 aromatic heterocycles. The van der Waals surface area contributed by atoms with Crippen LogP contribution in [0.3, 0.4) is 0 Å². The van der Waals surface area contributed by atoms with Crippen LogP contribution in [0.4, 0.5) is 0 Å². The van der Waals surface area contributed by atoms with Gasteiger partial charge in [-0.05, 0) is 84.6 Å². The first-order chi connectivity index (χ1) is 15.0. The molecule has 166 valence electrons. The van der Waals surface area contributed by atoms with Crippen molar-refractivity contribution in [2.45, 2.75) is 88.9 Å². The first-order valence-corrected chi connectivity index (χ1v) is 12.6. The first kappa shape index (κ1) is 23.5. The maximum atomic E-state index is 10.8. The van der Waals surface area contributed by atoms with Crippen molar-refractivity contribution in [2.24, 2.45) is 0 Å². The molecule has 0 fully saturated rings. The number of fused-ring (bicyclic) bond motifs is 1. The van der Waals surface area contributed by atoms with Crippen molar-refractivity contribution in [2.75, 3.05) is 5.75 Å². The van der Waals surface area contributed by atoms with Gasteiger partial charge in [0, 0.05) is 22.8 Å². The van der Waals surface area contributed by atoms with E-state index in [4.69, 9.17) is 4.42 Å². The zero-order valence-electron chi connectivity index (χ0n) is 19.0. The molecule has 0 saturated carbocycles. The summed E-state index contributed by atoms with van der Waals surface area (Å²) < 4.78 is 5.57. The lowest BCUT2D eigenvalue weighted by Crippen LogP contribution is -2.29. The Balaban J connectivity index is 1.96. The Morgan fingerprint density at radius 3 is 2.65 bits per heavy atom. The lowest BCUT2D eigenvalue weighted by Gasteiger charge is -2.38. The molecular formula is C27H33O3S-. The van der Waals surface area contributed by atoms with Crippen molar-refractivity contribution in [1.82, 2.24) is 0 Å². The van der Waals surface area contributed by atoms with E-state index in [1.165, 1.54) is 53.9 Å². The zero-order valence-corrected chi connectivity index (χ0v) is 19.8. The number of aliphatic carboxylic acids is 1. The van der Waals surface area contributed by atoms with Gasteiger partial charge in [0.15, 0.2) is 5.76 Å². The van der Waals surface area contributed by atoms with Gasteiger partial charge in [-0.15, -0.1) is 11.8 Å². The summed E-state index contributed by atoms with van der Waals surface area (Å²) in [5, 5.41) is 10.8. The molecule has 0 unspecified atom stereocenters. The fourth-order valence-corrected chi connectivity index (χ4v) is 5.88. The number of carbonyl (C=O) groups excluding carboxylic acids is 1. The predicted octanol–water partition coefficient (Wildman–Crippen LogP) is 5.65. The quantitative estimate of drug-likeness (QED) is 0.376. The highest BCUT2D eigenvalue weighted by atomic mass is 32.2. The molecule has 2 aromatic rings. The number of furan rings is 1. The average molecular weight is 438 g/mol. The molecule has 31 heavy (non-hydrogen) atoms.